The second-order valence-corrected chi connectivity index (χ2v) is 6.67. The van der Waals surface area contributed by atoms with Gasteiger partial charge in [0.15, 0.2) is 5.69 Å². The molecule has 1 atom stereocenters. The average Bonchev–Trinajstić information content (AvgIpc) is 3.18. The minimum absolute atomic E-state index is 0.0625. The number of hydrogen-bond donors (Lipinski definition) is 1. The molecule has 1 aliphatic rings. The van der Waals surface area contributed by atoms with E-state index in [2.05, 4.69) is 25.8 Å². The Morgan fingerprint density at radius 2 is 2.15 bits per heavy atom. The highest BCUT2D eigenvalue weighted by molar-refractivity contribution is 6.30. The molecule has 134 valence electrons. The first kappa shape index (κ1) is 16.7. The van der Waals surface area contributed by atoms with E-state index >= 15 is 0 Å². The zero-order valence-corrected chi connectivity index (χ0v) is 14.9. The summed E-state index contributed by atoms with van der Waals surface area (Å²) < 4.78 is 7.53. The molecule has 3 heterocycles. The first-order valence-electron chi connectivity index (χ1n) is 8.40. The Labute approximate surface area is 154 Å². The first-order chi connectivity index (χ1) is 12.6. The number of amides is 1. The van der Waals surface area contributed by atoms with E-state index in [0.717, 1.165) is 17.8 Å². The van der Waals surface area contributed by atoms with Gasteiger partial charge in [0.05, 0.1) is 11.4 Å². The average molecular weight is 373 g/mol. The summed E-state index contributed by atoms with van der Waals surface area (Å²) in [6, 6.07) is 7.35. The normalized spacial score (nSPS) is 17.8. The monoisotopic (exact) mass is 372 g/mol. The van der Waals surface area contributed by atoms with Gasteiger partial charge in [-0.05, 0) is 38.0 Å². The molecule has 8 nitrogen and oxygen atoms in total. The van der Waals surface area contributed by atoms with E-state index in [-0.39, 0.29) is 11.8 Å². The molecular formula is C17H17ClN6O2. The zero-order valence-electron chi connectivity index (χ0n) is 14.1. The smallest absolute Gasteiger partial charge is 0.270 e. The van der Waals surface area contributed by atoms with Crippen LogP contribution in [0.15, 0.2) is 28.7 Å². The van der Waals surface area contributed by atoms with Crippen LogP contribution in [0.1, 0.15) is 36.8 Å². The van der Waals surface area contributed by atoms with Gasteiger partial charge >= 0.3 is 0 Å². The lowest BCUT2D eigenvalue weighted by atomic mass is 10.0. The van der Waals surface area contributed by atoms with Crippen LogP contribution >= 0.6 is 11.6 Å². The molecular weight excluding hydrogens is 356 g/mol. The van der Waals surface area contributed by atoms with Crippen molar-refractivity contribution in [3.63, 3.8) is 0 Å². The Morgan fingerprint density at radius 3 is 3.00 bits per heavy atom. The Morgan fingerprint density at radius 1 is 1.27 bits per heavy atom. The molecule has 2 aromatic heterocycles. The van der Waals surface area contributed by atoms with Crippen LogP contribution in [0.3, 0.4) is 0 Å². The lowest BCUT2D eigenvalue weighted by Crippen LogP contribution is -2.21. The maximum absolute atomic E-state index is 11.5. The summed E-state index contributed by atoms with van der Waals surface area (Å²) in [6.07, 6.45) is 1.94. The molecule has 1 unspecified atom stereocenters. The summed E-state index contributed by atoms with van der Waals surface area (Å²) in [5, 5.41) is 20.1. The van der Waals surface area contributed by atoms with Crippen LogP contribution in [0.25, 0.3) is 17.3 Å². The van der Waals surface area contributed by atoms with E-state index in [9.17, 15) is 4.79 Å². The van der Waals surface area contributed by atoms with Gasteiger partial charge in [0.1, 0.15) is 0 Å². The van der Waals surface area contributed by atoms with Crippen molar-refractivity contribution < 1.29 is 9.21 Å². The maximum Gasteiger partial charge on any atom is 0.270 e. The fourth-order valence-electron chi connectivity index (χ4n) is 3.05. The van der Waals surface area contributed by atoms with Gasteiger partial charge in [-0.15, -0.1) is 15.3 Å². The van der Waals surface area contributed by atoms with E-state index in [4.69, 9.17) is 16.0 Å². The number of nitrogens with zero attached hydrogens (tertiary/aromatic N) is 5. The summed E-state index contributed by atoms with van der Waals surface area (Å²) in [5.74, 6) is 0.994. The number of halogens is 1. The first-order valence-corrected chi connectivity index (χ1v) is 8.78. The topological polar surface area (TPSA) is 98.7 Å². The predicted molar refractivity (Wildman–Crippen MR) is 94.0 cm³/mol. The Bertz CT molecular complexity index is 950. The minimum atomic E-state index is 0.0625. The molecule has 1 aliphatic heterocycles. The molecule has 1 saturated heterocycles. The molecule has 0 saturated carbocycles. The van der Waals surface area contributed by atoms with Gasteiger partial charge < -0.3 is 9.73 Å². The summed E-state index contributed by atoms with van der Waals surface area (Å²) in [5.41, 5.74) is 2.12. The Kier molecular flexibility index (Phi) is 4.42. The van der Waals surface area contributed by atoms with Gasteiger partial charge in [-0.2, -0.15) is 0 Å². The minimum Gasteiger partial charge on any atom is -0.419 e. The summed E-state index contributed by atoms with van der Waals surface area (Å²) >= 11 is 6.05. The SMILES string of the molecule is Cc1c(-c2nnc(C3CCNC(=O)CC3)o2)nnn1-c1cccc(Cl)c1. The van der Waals surface area contributed by atoms with Crippen molar-refractivity contribution in [2.45, 2.75) is 32.1 Å². The molecule has 1 N–H and O–H groups in total. The van der Waals surface area contributed by atoms with Crippen molar-refractivity contribution in [3.05, 3.63) is 40.9 Å². The van der Waals surface area contributed by atoms with Crippen molar-refractivity contribution in [3.8, 4) is 17.3 Å². The molecule has 4 rings (SSSR count). The summed E-state index contributed by atoms with van der Waals surface area (Å²) in [6.45, 7) is 2.50. The molecule has 26 heavy (non-hydrogen) atoms. The van der Waals surface area contributed by atoms with Crippen molar-refractivity contribution in [2.75, 3.05) is 6.54 Å². The fraction of sp³-hybridized carbons (Fsp3) is 0.353. The van der Waals surface area contributed by atoms with Gasteiger partial charge in [-0.1, -0.05) is 22.9 Å². The van der Waals surface area contributed by atoms with E-state index in [1.165, 1.54) is 0 Å². The third-order valence-corrected chi connectivity index (χ3v) is 4.71. The highest BCUT2D eigenvalue weighted by Gasteiger charge is 2.25. The third-order valence-electron chi connectivity index (χ3n) is 4.47. The standard InChI is InChI=1S/C17H17ClN6O2/c1-10-15(20-23-24(10)13-4-2-3-12(18)9-13)17-22-21-16(26-17)11-5-6-14(25)19-8-7-11/h2-4,9,11H,5-8H2,1H3,(H,19,25). The van der Waals surface area contributed by atoms with Gasteiger partial charge in [0, 0.05) is 23.9 Å². The Balaban J connectivity index is 1.61. The molecule has 9 heteroatoms. The van der Waals surface area contributed by atoms with Gasteiger partial charge in [-0.25, -0.2) is 4.68 Å². The van der Waals surface area contributed by atoms with Gasteiger partial charge in [0.2, 0.25) is 11.8 Å². The van der Waals surface area contributed by atoms with Crippen molar-refractivity contribution >= 4 is 17.5 Å². The lowest BCUT2D eigenvalue weighted by Gasteiger charge is -2.06. The summed E-state index contributed by atoms with van der Waals surface area (Å²) in [4.78, 5) is 11.5. The number of nitrogens with one attached hydrogen (secondary N) is 1. The van der Waals surface area contributed by atoms with E-state index in [1.54, 1.807) is 10.7 Å². The Hall–Kier alpha value is -2.74. The molecule has 0 bridgehead atoms. The van der Waals surface area contributed by atoms with Crippen molar-refractivity contribution in [1.82, 2.24) is 30.5 Å². The molecule has 1 amide bonds. The fourth-order valence-corrected chi connectivity index (χ4v) is 3.23. The number of carbonyl (C=O) groups is 1. The second-order valence-electron chi connectivity index (χ2n) is 6.23. The number of rotatable bonds is 3. The number of hydrogen-bond acceptors (Lipinski definition) is 6. The van der Waals surface area contributed by atoms with Crippen LogP contribution in [0.5, 0.6) is 0 Å². The number of aromatic nitrogens is 5. The molecule has 1 aromatic carbocycles. The van der Waals surface area contributed by atoms with Crippen LogP contribution in [0.2, 0.25) is 5.02 Å². The van der Waals surface area contributed by atoms with E-state index in [0.29, 0.717) is 41.9 Å². The van der Waals surface area contributed by atoms with Crippen molar-refractivity contribution in [2.24, 2.45) is 0 Å². The molecule has 1 fully saturated rings. The summed E-state index contributed by atoms with van der Waals surface area (Å²) in [7, 11) is 0. The van der Waals surface area contributed by atoms with Crippen LogP contribution < -0.4 is 5.32 Å². The van der Waals surface area contributed by atoms with Crippen molar-refractivity contribution in [1.29, 1.82) is 0 Å². The molecule has 0 radical (unpaired) electrons. The van der Waals surface area contributed by atoms with E-state index in [1.807, 2.05) is 25.1 Å². The number of carbonyl (C=O) groups excluding carboxylic acids is 1. The third kappa shape index (κ3) is 3.20. The molecule has 0 aliphatic carbocycles. The molecule has 0 spiro atoms. The van der Waals surface area contributed by atoms with Crippen LogP contribution in [-0.2, 0) is 4.79 Å². The number of benzene rings is 1. The van der Waals surface area contributed by atoms with Crippen LogP contribution in [-0.4, -0.2) is 37.6 Å². The highest BCUT2D eigenvalue weighted by atomic mass is 35.5. The predicted octanol–water partition coefficient (Wildman–Crippen LogP) is 2.66. The van der Waals surface area contributed by atoms with Crippen LogP contribution in [0, 0.1) is 6.92 Å². The zero-order chi connectivity index (χ0) is 18.1. The quantitative estimate of drug-likeness (QED) is 0.758. The van der Waals surface area contributed by atoms with Gasteiger partial charge in [0.25, 0.3) is 5.89 Å². The van der Waals surface area contributed by atoms with E-state index < -0.39 is 0 Å². The second kappa shape index (κ2) is 6.87. The molecule has 3 aromatic rings. The maximum atomic E-state index is 11.5. The largest absolute Gasteiger partial charge is 0.419 e. The van der Waals surface area contributed by atoms with Crippen LogP contribution in [0.4, 0.5) is 0 Å². The highest BCUT2D eigenvalue weighted by Crippen LogP contribution is 2.29. The van der Waals surface area contributed by atoms with Gasteiger partial charge in [-0.3, -0.25) is 4.79 Å². The lowest BCUT2D eigenvalue weighted by molar-refractivity contribution is -0.120.